The normalized spacial score (nSPS) is 40.6. The van der Waals surface area contributed by atoms with E-state index in [1.807, 2.05) is 0 Å². The summed E-state index contributed by atoms with van der Waals surface area (Å²) >= 11 is 0. The van der Waals surface area contributed by atoms with Crippen LogP contribution in [0.2, 0.25) is 0 Å². The van der Waals surface area contributed by atoms with Crippen LogP contribution in [0.3, 0.4) is 0 Å². The standard InChI is InChI=1S/C11H22N2/c1-3-9-7-11(9)13-6-5-12-8-10(13)4-2/h9-12H,3-8H2,1-2H3. The van der Waals surface area contributed by atoms with Crippen molar-refractivity contribution < 1.29 is 0 Å². The lowest BCUT2D eigenvalue weighted by Gasteiger charge is -2.36. The van der Waals surface area contributed by atoms with Crippen LogP contribution in [0.1, 0.15) is 33.1 Å². The third-order valence-electron chi connectivity index (χ3n) is 3.70. The Balaban J connectivity index is 1.88. The first-order chi connectivity index (χ1) is 6.36. The van der Waals surface area contributed by atoms with Crippen molar-refractivity contribution in [2.24, 2.45) is 5.92 Å². The second-order valence-electron chi connectivity index (χ2n) is 4.48. The van der Waals surface area contributed by atoms with E-state index in [0.29, 0.717) is 0 Å². The Hall–Kier alpha value is -0.0800. The molecule has 2 heteroatoms. The van der Waals surface area contributed by atoms with Gasteiger partial charge in [-0.15, -0.1) is 0 Å². The molecule has 2 aliphatic rings. The quantitative estimate of drug-likeness (QED) is 0.711. The number of nitrogens with zero attached hydrogens (tertiary/aromatic N) is 1. The maximum atomic E-state index is 3.49. The highest BCUT2D eigenvalue weighted by Crippen LogP contribution is 2.39. The van der Waals surface area contributed by atoms with Crippen molar-refractivity contribution in [3.05, 3.63) is 0 Å². The summed E-state index contributed by atoms with van der Waals surface area (Å²) in [5.41, 5.74) is 0. The monoisotopic (exact) mass is 182 g/mol. The highest BCUT2D eigenvalue weighted by atomic mass is 15.3. The van der Waals surface area contributed by atoms with Gasteiger partial charge >= 0.3 is 0 Å². The molecule has 2 rings (SSSR count). The smallest absolute Gasteiger partial charge is 0.0221 e. The van der Waals surface area contributed by atoms with Crippen molar-refractivity contribution in [2.75, 3.05) is 19.6 Å². The molecule has 1 aliphatic carbocycles. The average molecular weight is 182 g/mol. The van der Waals surface area contributed by atoms with E-state index in [9.17, 15) is 0 Å². The first-order valence-electron chi connectivity index (χ1n) is 5.83. The number of hydrogen-bond donors (Lipinski definition) is 1. The fraction of sp³-hybridized carbons (Fsp3) is 1.00. The summed E-state index contributed by atoms with van der Waals surface area (Å²) in [4.78, 5) is 2.75. The molecule has 0 aromatic rings. The van der Waals surface area contributed by atoms with Gasteiger partial charge in [-0.05, 0) is 18.8 Å². The SMILES string of the molecule is CCC1CC1N1CCNCC1CC. The zero-order valence-corrected chi connectivity index (χ0v) is 8.92. The van der Waals surface area contributed by atoms with Gasteiger partial charge in [-0.1, -0.05) is 20.3 Å². The highest BCUT2D eigenvalue weighted by Gasteiger charge is 2.42. The summed E-state index contributed by atoms with van der Waals surface area (Å²) < 4.78 is 0. The molecule has 3 atom stereocenters. The summed E-state index contributed by atoms with van der Waals surface area (Å²) in [6, 6.07) is 1.76. The van der Waals surface area contributed by atoms with Gasteiger partial charge in [-0.25, -0.2) is 0 Å². The van der Waals surface area contributed by atoms with E-state index in [-0.39, 0.29) is 0 Å². The van der Waals surface area contributed by atoms with Crippen molar-refractivity contribution in [3.8, 4) is 0 Å². The van der Waals surface area contributed by atoms with Crippen LogP contribution >= 0.6 is 0 Å². The van der Waals surface area contributed by atoms with Gasteiger partial charge in [-0.2, -0.15) is 0 Å². The fourth-order valence-electron chi connectivity index (χ4n) is 2.67. The molecule has 0 spiro atoms. The molecule has 0 bridgehead atoms. The maximum absolute atomic E-state index is 3.49. The molecular formula is C11H22N2. The zero-order chi connectivity index (χ0) is 9.26. The van der Waals surface area contributed by atoms with Crippen molar-refractivity contribution >= 4 is 0 Å². The Bertz CT molecular complexity index is 169. The second kappa shape index (κ2) is 3.97. The Morgan fingerprint density at radius 1 is 1.31 bits per heavy atom. The molecule has 1 saturated carbocycles. The van der Waals surface area contributed by atoms with E-state index in [0.717, 1.165) is 18.0 Å². The Kier molecular flexibility index (Phi) is 2.89. The van der Waals surface area contributed by atoms with Gasteiger partial charge in [0.15, 0.2) is 0 Å². The topological polar surface area (TPSA) is 15.3 Å². The van der Waals surface area contributed by atoms with E-state index in [1.54, 1.807) is 0 Å². The van der Waals surface area contributed by atoms with Crippen LogP contribution in [-0.2, 0) is 0 Å². The number of piperazine rings is 1. The van der Waals surface area contributed by atoms with Crippen LogP contribution in [0.25, 0.3) is 0 Å². The molecule has 13 heavy (non-hydrogen) atoms. The summed E-state index contributed by atoms with van der Waals surface area (Å²) in [6.07, 6.45) is 4.15. The van der Waals surface area contributed by atoms with Crippen LogP contribution in [0.5, 0.6) is 0 Å². The molecule has 1 aliphatic heterocycles. The summed E-state index contributed by atoms with van der Waals surface area (Å²) in [7, 11) is 0. The maximum Gasteiger partial charge on any atom is 0.0221 e. The average Bonchev–Trinajstić information content (AvgIpc) is 2.96. The Morgan fingerprint density at radius 2 is 2.15 bits per heavy atom. The molecule has 76 valence electrons. The van der Waals surface area contributed by atoms with Crippen LogP contribution in [-0.4, -0.2) is 36.6 Å². The number of nitrogens with one attached hydrogen (secondary N) is 1. The minimum absolute atomic E-state index is 0.815. The minimum atomic E-state index is 0.815. The van der Waals surface area contributed by atoms with Crippen molar-refractivity contribution in [1.82, 2.24) is 10.2 Å². The summed E-state index contributed by atoms with van der Waals surface area (Å²) in [6.45, 7) is 8.33. The first kappa shape index (κ1) is 9.47. The van der Waals surface area contributed by atoms with Gasteiger partial charge in [0.2, 0.25) is 0 Å². The van der Waals surface area contributed by atoms with E-state index in [1.165, 1.54) is 38.9 Å². The molecular weight excluding hydrogens is 160 g/mol. The predicted octanol–water partition coefficient (Wildman–Crippen LogP) is 1.47. The Labute approximate surface area is 81.7 Å². The Morgan fingerprint density at radius 3 is 2.77 bits per heavy atom. The zero-order valence-electron chi connectivity index (χ0n) is 8.92. The van der Waals surface area contributed by atoms with Gasteiger partial charge in [0.25, 0.3) is 0 Å². The van der Waals surface area contributed by atoms with Crippen molar-refractivity contribution in [1.29, 1.82) is 0 Å². The molecule has 1 N–H and O–H groups in total. The largest absolute Gasteiger partial charge is 0.314 e. The molecule has 1 heterocycles. The molecule has 2 fully saturated rings. The van der Waals surface area contributed by atoms with Gasteiger partial charge in [-0.3, -0.25) is 4.90 Å². The van der Waals surface area contributed by atoms with Crippen LogP contribution in [0.4, 0.5) is 0 Å². The lowest BCUT2D eigenvalue weighted by Crippen LogP contribution is -2.52. The van der Waals surface area contributed by atoms with E-state index in [4.69, 9.17) is 0 Å². The molecule has 0 radical (unpaired) electrons. The third-order valence-corrected chi connectivity index (χ3v) is 3.70. The lowest BCUT2D eigenvalue weighted by molar-refractivity contribution is 0.140. The third kappa shape index (κ3) is 1.89. The fourth-order valence-corrected chi connectivity index (χ4v) is 2.67. The second-order valence-corrected chi connectivity index (χ2v) is 4.48. The lowest BCUT2D eigenvalue weighted by atomic mass is 10.1. The number of rotatable bonds is 3. The van der Waals surface area contributed by atoms with Gasteiger partial charge in [0, 0.05) is 31.7 Å². The van der Waals surface area contributed by atoms with E-state index in [2.05, 4.69) is 24.1 Å². The molecule has 3 unspecified atom stereocenters. The van der Waals surface area contributed by atoms with Gasteiger partial charge < -0.3 is 5.32 Å². The van der Waals surface area contributed by atoms with E-state index < -0.39 is 0 Å². The van der Waals surface area contributed by atoms with Crippen molar-refractivity contribution in [3.63, 3.8) is 0 Å². The molecule has 1 saturated heterocycles. The summed E-state index contributed by atoms with van der Waals surface area (Å²) in [5.74, 6) is 1.02. The molecule has 0 amide bonds. The highest BCUT2D eigenvalue weighted by molar-refractivity contribution is 4.98. The first-order valence-corrected chi connectivity index (χ1v) is 5.83. The van der Waals surface area contributed by atoms with Crippen LogP contribution in [0, 0.1) is 5.92 Å². The van der Waals surface area contributed by atoms with Crippen molar-refractivity contribution in [2.45, 2.75) is 45.2 Å². The molecule has 0 aromatic heterocycles. The van der Waals surface area contributed by atoms with Gasteiger partial charge in [0.05, 0.1) is 0 Å². The summed E-state index contributed by atoms with van der Waals surface area (Å²) in [5, 5.41) is 3.49. The van der Waals surface area contributed by atoms with Crippen LogP contribution in [0.15, 0.2) is 0 Å². The minimum Gasteiger partial charge on any atom is -0.314 e. The predicted molar refractivity (Wildman–Crippen MR) is 55.8 cm³/mol. The number of hydrogen-bond acceptors (Lipinski definition) is 2. The van der Waals surface area contributed by atoms with E-state index >= 15 is 0 Å². The van der Waals surface area contributed by atoms with Gasteiger partial charge in [0.1, 0.15) is 0 Å². The van der Waals surface area contributed by atoms with Crippen LogP contribution < -0.4 is 5.32 Å². The molecule has 0 aromatic carbocycles. The molecule has 2 nitrogen and oxygen atoms in total.